The quantitative estimate of drug-likeness (QED) is 0.227. The lowest BCUT2D eigenvalue weighted by Crippen LogP contribution is -2.11. The van der Waals surface area contributed by atoms with E-state index in [1.807, 2.05) is 24.3 Å². The predicted molar refractivity (Wildman–Crippen MR) is 147 cm³/mol. The lowest BCUT2D eigenvalue weighted by molar-refractivity contribution is 0.0694. The fraction of sp³-hybridized carbons (Fsp3) is 0.387. The van der Waals surface area contributed by atoms with Gasteiger partial charge in [-0.1, -0.05) is 38.5 Å². The van der Waals surface area contributed by atoms with Gasteiger partial charge in [-0.3, -0.25) is 0 Å². The molecule has 1 fully saturated rings. The number of para-hydroxylation sites is 1. The summed E-state index contributed by atoms with van der Waals surface area (Å²) in [6.45, 7) is 7.03. The molecule has 38 heavy (non-hydrogen) atoms. The Morgan fingerprint density at radius 1 is 0.947 bits per heavy atom. The third-order valence-electron chi connectivity index (χ3n) is 6.81. The number of aromatic hydroxyl groups is 1. The molecule has 3 aromatic rings. The minimum absolute atomic E-state index is 0.115. The fourth-order valence-corrected chi connectivity index (χ4v) is 4.99. The first kappa shape index (κ1) is 27.3. The third-order valence-corrected chi connectivity index (χ3v) is 6.81. The molecule has 0 saturated carbocycles. The highest BCUT2D eigenvalue weighted by molar-refractivity contribution is 5.91. The molecule has 3 N–H and O–H groups in total. The highest BCUT2D eigenvalue weighted by atomic mass is 16.5. The van der Waals surface area contributed by atoms with Crippen molar-refractivity contribution in [3.8, 4) is 28.7 Å². The van der Waals surface area contributed by atoms with Crippen LogP contribution in [-0.4, -0.2) is 42.5 Å². The summed E-state index contributed by atoms with van der Waals surface area (Å²) in [5, 5.41) is 23.2. The van der Waals surface area contributed by atoms with Crippen LogP contribution in [0.2, 0.25) is 0 Å². The van der Waals surface area contributed by atoms with Crippen molar-refractivity contribution in [2.45, 2.75) is 51.9 Å². The molecule has 1 saturated heterocycles. The summed E-state index contributed by atoms with van der Waals surface area (Å²) in [6.07, 6.45) is 4.19. The number of benzene rings is 3. The Morgan fingerprint density at radius 2 is 1.68 bits per heavy atom. The number of rotatable bonds is 13. The Kier molecular flexibility index (Phi) is 9.49. The Bertz CT molecular complexity index is 1240. The highest BCUT2D eigenvalue weighted by Gasteiger charge is 2.22. The first-order valence-electron chi connectivity index (χ1n) is 13.5. The van der Waals surface area contributed by atoms with E-state index in [0.717, 1.165) is 61.4 Å². The molecule has 0 aliphatic carbocycles. The van der Waals surface area contributed by atoms with E-state index in [2.05, 4.69) is 19.2 Å². The zero-order chi connectivity index (χ0) is 26.9. The van der Waals surface area contributed by atoms with Gasteiger partial charge < -0.3 is 29.7 Å². The van der Waals surface area contributed by atoms with Crippen molar-refractivity contribution in [1.29, 1.82) is 0 Å². The molecule has 0 amide bonds. The van der Waals surface area contributed by atoms with Gasteiger partial charge in [0.05, 0.1) is 13.2 Å². The van der Waals surface area contributed by atoms with Crippen LogP contribution in [0.3, 0.4) is 0 Å². The van der Waals surface area contributed by atoms with Crippen LogP contribution < -0.4 is 19.5 Å². The molecule has 0 spiro atoms. The van der Waals surface area contributed by atoms with E-state index in [4.69, 9.17) is 14.2 Å². The number of carboxylic acids is 1. The molecule has 7 heteroatoms. The van der Waals surface area contributed by atoms with Crippen molar-refractivity contribution >= 4 is 5.97 Å². The van der Waals surface area contributed by atoms with Crippen LogP contribution in [0.4, 0.5) is 0 Å². The van der Waals surface area contributed by atoms with Crippen molar-refractivity contribution < 1.29 is 29.2 Å². The SMILES string of the molecule is CCCc1c(OCCCOc2cc(O)cc(C3CCNC3)c2CC)cccc1Oc1ccccc1C(=O)O. The Morgan fingerprint density at radius 3 is 2.39 bits per heavy atom. The number of phenolic OH excluding ortho intramolecular Hbond substituents is 1. The maximum Gasteiger partial charge on any atom is 0.339 e. The van der Waals surface area contributed by atoms with Crippen LogP contribution in [0.15, 0.2) is 54.6 Å². The Hall–Kier alpha value is -3.71. The van der Waals surface area contributed by atoms with Gasteiger partial charge in [-0.2, -0.15) is 0 Å². The van der Waals surface area contributed by atoms with Gasteiger partial charge in [0.1, 0.15) is 34.3 Å². The van der Waals surface area contributed by atoms with Crippen molar-refractivity contribution in [1.82, 2.24) is 5.32 Å². The van der Waals surface area contributed by atoms with Crippen LogP contribution in [-0.2, 0) is 12.8 Å². The Labute approximate surface area is 224 Å². The molecule has 7 nitrogen and oxygen atoms in total. The topological polar surface area (TPSA) is 97.3 Å². The lowest BCUT2D eigenvalue weighted by atomic mass is 9.91. The minimum Gasteiger partial charge on any atom is -0.508 e. The van der Waals surface area contributed by atoms with Crippen molar-refractivity contribution in [2.24, 2.45) is 0 Å². The van der Waals surface area contributed by atoms with Crippen LogP contribution in [0.1, 0.15) is 66.1 Å². The zero-order valence-electron chi connectivity index (χ0n) is 22.2. The van der Waals surface area contributed by atoms with Crippen molar-refractivity contribution in [2.75, 3.05) is 26.3 Å². The minimum atomic E-state index is -1.03. The van der Waals surface area contributed by atoms with Gasteiger partial charge in [0.15, 0.2) is 0 Å². The largest absolute Gasteiger partial charge is 0.508 e. The summed E-state index contributed by atoms with van der Waals surface area (Å²) in [6, 6.07) is 15.8. The number of hydrogen-bond donors (Lipinski definition) is 3. The summed E-state index contributed by atoms with van der Waals surface area (Å²) in [4.78, 5) is 11.6. The number of nitrogens with one attached hydrogen (secondary N) is 1. The van der Waals surface area contributed by atoms with Gasteiger partial charge in [-0.05, 0) is 73.2 Å². The van der Waals surface area contributed by atoms with Gasteiger partial charge in [0, 0.05) is 24.6 Å². The number of ether oxygens (including phenoxy) is 3. The summed E-state index contributed by atoms with van der Waals surface area (Å²) >= 11 is 0. The lowest BCUT2D eigenvalue weighted by Gasteiger charge is -2.19. The van der Waals surface area contributed by atoms with Gasteiger partial charge in [-0.15, -0.1) is 0 Å². The number of hydrogen-bond acceptors (Lipinski definition) is 6. The third kappa shape index (κ3) is 6.58. The number of carboxylic acid groups (broad SMARTS) is 1. The molecule has 0 radical (unpaired) electrons. The second-order valence-electron chi connectivity index (χ2n) is 9.49. The van der Waals surface area contributed by atoms with Crippen LogP contribution in [0.25, 0.3) is 0 Å². The van der Waals surface area contributed by atoms with E-state index < -0.39 is 5.97 Å². The molecule has 3 aromatic carbocycles. The average Bonchev–Trinajstić information content (AvgIpc) is 3.45. The molecular weight excluding hydrogens is 482 g/mol. The molecule has 0 bridgehead atoms. The predicted octanol–water partition coefficient (Wildman–Crippen LogP) is 6.32. The maximum atomic E-state index is 11.6. The normalized spacial score (nSPS) is 14.8. The molecule has 1 unspecified atom stereocenters. The first-order chi connectivity index (χ1) is 18.5. The summed E-state index contributed by atoms with van der Waals surface area (Å²) < 4.78 is 18.3. The molecule has 1 aliphatic rings. The number of phenols is 1. The fourth-order valence-electron chi connectivity index (χ4n) is 4.99. The molecule has 1 atom stereocenters. The van der Waals surface area contributed by atoms with E-state index in [1.165, 1.54) is 11.6 Å². The first-order valence-corrected chi connectivity index (χ1v) is 13.5. The van der Waals surface area contributed by atoms with Crippen molar-refractivity contribution in [3.05, 3.63) is 76.9 Å². The average molecular weight is 520 g/mol. The van der Waals surface area contributed by atoms with Gasteiger partial charge in [-0.25, -0.2) is 4.79 Å². The smallest absolute Gasteiger partial charge is 0.339 e. The summed E-state index contributed by atoms with van der Waals surface area (Å²) in [5.74, 6) is 1.96. The summed E-state index contributed by atoms with van der Waals surface area (Å²) in [7, 11) is 0. The van der Waals surface area contributed by atoms with E-state index in [-0.39, 0.29) is 11.3 Å². The highest BCUT2D eigenvalue weighted by Crippen LogP contribution is 2.36. The molecule has 1 heterocycles. The molecular formula is C31H37NO6. The number of aromatic carboxylic acids is 1. The summed E-state index contributed by atoms with van der Waals surface area (Å²) in [5.41, 5.74) is 3.36. The van der Waals surface area contributed by atoms with Gasteiger partial charge in [0.25, 0.3) is 0 Å². The maximum absolute atomic E-state index is 11.6. The van der Waals surface area contributed by atoms with E-state index in [0.29, 0.717) is 37.1 Å². The van der Waals surface area contributed by atoms with E-state index in [1.54, 1.807) is 24.3 Å². The monoisotopic (exact) mass is 519 g/mol. The standard InChI is InChI=1S/C31H37NO6/c1-3-9-24-27(12-7-13-28(24)38-29-11-6-5-10-25(29)31(34)35)36-16-8-17-37-30-19-22(33)18-26(23(30)4-2)21-14-15-32-20-21/h5-7,10-13,18-19,21,32-33H,3-4,8-9,14-17,20H2,1-2H3,(H,34,35). The van der Waals surface area contributed by atoms with Gasteiger partial charge in [0.2, 0.25) is 0 Å². The Balaban J connectivity index is 1.40. The number of carbonyl (C=O) groups is 1. The van der Waals surface area contributed by atoms with Crippen LogP contribution in [0.5, 0.6) is 28.7 Å². The second-order valence-corrected chi connectivity index (χ2v) is 9.49. The van der Waals surface area contributed by atoms with E-state index in [9.17, 15) is 15.0 Å². The molecule has 0 aromatic heterocycles. The van der Waals surface area contributed by atoms with Gasteiger partial charge >= 0.3 is 5.97 Å². The van der Waals surface area contributed by atoms with E-state index >= 15 is 0 Å². The van der Waals surface area contributed by atoms with Crippen molar-refractivity contribution in [3.63, 3.8) is 0 Å². The van der Waals surface area contributed by atoms with Crippen LogP contribution in [0, 0.1) is 0 Å². The zero-order valence-corrected chi connectivity index (χ0v) is 22.2. The molecule has 4 rings (SSSR count). The molecule has 202 valence electrons. The molecule has 1 aliphatic heterocycles. The second kappa shape index (κ2) is 13.2. The van der Waals surface area contributed by atoms with Crippen LogP contribution >= 0.6 is 0 Å².